The average molecular weight is 253 g/mol. The lowest BCUT2D eigenvalue weighted by Gasteiger charge is -2.08. The van der Waals surface area contributed by atoms with E-state index < -0.39 is 23.4 Å². The third-order valence-electron chi connectivity index (χ3n) is 3.24. The molecular formula is C12H15NO5. The zero-order valence-corrected chi connectivity index (χ0v) is 9.89. The summed E-state index contributed by atoms with van der Waals surface area (Å²) in [6.07, 6.45) is 6.12. The van der Waals surface area contributed by atoms with Gasteiger partial charge < -0.3 is 14.6 Å². The number of hydrogen-bond donors (Lipinski definition) is 2. The highest BCUT2D eigenvalue weighted by Crippen LogP contribution is 2.32. The van der Waals surface area contributed by atoms with Crippen LogP contribution in [0.1, 0.15) is 71.4 Å². The van der Waals surface area contributed by atoms with Crippen LogP contribution in [-0.4, -0.2) is 27.1 Å². The van der Waals surface area contributed by atoms with E-state index in [0.29, 0.717) is 0 Å². The van der Waals surface area contributed by atoms with Crippen LogP contribution in [0.3, 0.4) is 0 Å². The Kier molecular flexibility index (Phi) is 3.64. The molecule has 6 heteroatoms. The second kappa shape index (κ2) is 5.20. The van der Waals surface area contributed by atoms with Gasteiger partial charge in [0.25, 0.3) is 0 Å². The van der Waals surface area contributed by atoms with E-state index in [2.05, 4.69) is 4.98 Å². The van der Waals surface area contributed by atoms with E-state index in [9.17, 15) is 9.59 Å². The Bertz CT molecular complexity index is 426. The fraction of sp³-hybridized carbons (Fsp3) is 0.583. The summed E-state index contributed by atoms with van der Waals surface area (Å²) in [5, 5.41) is 17.8. The Balaban J connectivity index is 2.30. The molecule has 2 rings (SSSR count). The van der Waals surface area contributed by atoms with Crippen molar-refractivity contribution < 1.29 is 24.2 Å². The van der Waals surface area contributed by atoms with Gasteiger partial charge in [0.15, 0.2) is 5.89 Å². The fourth-order valence-electron chi connectivity index (χ4n) is 2.33. The van der Waals surface area contributed by atoms with Gasteiger partial charge in [-0.3, -0.25) is 0 Å². The predicted molar refractivity (Wildman–Crippen MR) is 60.9 cm³/mol. The summed E-state index contributed by atoms with van der Waals surface area (Å²) in [4.78, 5) is 25.6. The molecule has 0 radical (unpaired) electrons. The van der Waals surface area contributed by atoms with Crippen molar-refractivity contribution in [2.75, 3.05) is 0 Å². The highest BCUT2D eigenvalue weighted by Gasteiger charge is 2.28. The van der Waals surface area contributed by atoms with Crippen molar-refractivity contribution in [1.82, 2.24) is 4.98 Å². The number of rotatable bonds is 3. The predicted octanol–water partition coefficient (Wildman–Crippen LogP) is 2.51. The molecule has 1 aromatic rings. The number of oxazole rings is 1. The summed E-state index contributed by atoms with van der Waals surface area (Å²) in [6.45, 7) is 0. The highest BCUT2D eigenvalue weighted by molar-refractivity contribution is 5.98. The van der Waals surface area contributed by atoms with Crippen molar-refractivity contribution in [3.63, 3.8) is 0 Å². The van der Waals surface area contributed by atoms with Crippen molar-refractivity contribution in [2.45, 2.75) is 44.4 Å². The second-order valence-corrected chi connectivity index (χ2v) is 4.53. The van der Waals surface area contributed by atoms with Gasteiger partial charge in [0.1, 0.15) is 0 Å². The minimum absolute atomic E-state index is 0.0405. The third kappa shape index (κ3) is 2.52. The number of carbonyl (C=O) groups is 2. The van der Waals surface area contributed by atoms with Crippen molar-refractivity contribution in [3.05, 3.63) is 17.3 Å². The van der Waals surface area contributed by atoms with Crippen LogP contribution in [0, 0.1) is 0 Å². The SMILES string of the molecule is O=C(O)c1nc(C2CCCCCC2)oc1C(=O)O. The number of hydrogen-bond acceptors (Lipinski definition) is 4. The third-order valence-corrected chi connectivity index (χ3v) is 3.24. The number of carboxylic acids is 2. The average Bonchev–Trinajstić information content (AvgIpc) is 2.59. The fourth-order valence-corrected chi connectivity index (χ4v) is 2.33. The summed E-state index contributed by atoms with van der Waals surface area (Å²) >= 11 is 0. The first-order valence-electron chi connectivity index (χ1n) is 6.07. The van der Waals surface area contributed by atoms with Crippen molar-refractivity contribution in [1.29, 1.82) is 0 Å². The summed E-state index contributed by atoms with van der Waals surface area (Å²) in [5.41, 5.74) is -0.498. The zero-order valence-electron chi connectivity index (χ0n) is 9.89. The van der Waals surface area contributed by atoms with E-state index in [0.717, 1.165) is 38.5 Å². The normalized spacial score (nSPS) is 17.3. The number of carboxylic acid groups (broad SMARTS) is 2. The molecule has 1 fully saturated rings. The van der Waals surface area contributed by atoms with Crippen molar-refractivity contribution >= 4 is 11.9 Å². The standard InChI is InChI=1S/C12H15NO5/c14-11(15)8-9(12(16)17)18-10(13-8)7-5-3-1-2-4-6-7/h7H,1-6H2,(H,14,15)(H,16,17). The molecule has 0 aliphatic heterocycles. The monoisotopic (exact) mass is 253 g/mol. The van der Waals surface area contributed by atoms with Gasteiger partial charge in [-0.15, -0.1) is 0 Å². The topological polar surface area (TPSA) is 101 Å². The van der Waals surface area contributed by atoms with E-state index in [4.69, 9.17) is 14.6 Å². The van der Waals surface area contributed by atoms with Crippen LogP contribution in [0.5, 0.6) is 0 Å². The molecule has 0 atom stereocenters. The zero-order chi connectivity index (χ0) is 13.1. The summed E-state index contributed by atoms with van der Waals surface area (Å²) in [5.74, 6) is -3.03. The number of aromatic nitrogens is 1. The quantitative estimate of drug-likeness (QED) is 0.802. The molecule has 0 bridgehead atoms. The molecule has 0 amide bonds. The lowest BCUT2D eigenvalue weighted by Crippen LogP contribution is -2.06. The van der Waals surface area contributed by atoms with Crippen LogP contribution in [0.4, 0.5) is 0 Å². The van der Waals surface area contributed by atoms with E-state index >= 15 is 0 Å². The Labute approximate surface area is 104 Å². The number of nitrogens with zero attached hydrogens (tertiary/aromatic N) is 1. The maximum absolute atomic E-state index is 10.9. The molecule has 1 saturated carbocycles. The molecule has 1 aromatic heterocycles. The van der Waals surface area contributed by atoms with Crippen molar-refractivity contribution in [3.8, 4) is 0 Å². The van der Waals surface area contributed by atoms with Crippen LogP contribution in [0.2, 0.25) is 0 Å². The summed E-state index contributed by atoms with van der Waals surface area (Å²) in [6, 6.07) is 0. The van der Waals surface area contributed by atoms with Crippen LogP contribution in [0.15, 0.2) is 4.42 Å². The number of aromatic carboxylic acids is 2. The van der Waals surface area contributed by atoms with E-state index in [1.165, 1.54) is 0 Å². The molecule has 1 heterocycles. The van der Waals surface area contributed by atoms with Crippen LogP contribution in [0.25, 0.3) is 0 Å². The van der Waals surface area contributed by atoms with Crippen LogP contribution in [-0.2, 0) is 0 Å². The first-order chi connectivity index (χ1) is 8.59. The summed E-state index contributed by atoms with van der Waals surface area (Å²) < 4.78 is 5.14. The maximum atomic E-state index is 10.9. The first kappa shape index (κ1) is 12.6. The molecule has 0 unspecified atom stereocenters. The van der Waals surface area contributed by atoms with E-state index in [1.54, 1.807) is 0 Å². The van der Waals surface area contributed by atoms with E-state index in [-0.39, 0.29) is 11.8 Å². The van der Waals surface area contributed by atoms with Gasteiger partial charge in [0.2, 0.25) is 11.5 Å². The van der Waals surface area contributed by atoms with E-state index in [1.807, 2.05) is 0 Å². The first-order valence-corrected chi connectivity index (χ1v) is 6.07. The molecule has 1 aliphatic rings. The van der Waals surface area contributed by atoms with Crippen LogP contribution >= 0.6 is 0 Å². The van der Waals surface area contributed by atoms with Gasteiger partial charge in [-0.05, 0) is 12.8 Å². The minimum Gasteiger partial charge on any atom is -0.476 e. The Hall–Kier alpha value is -1.85. The molecule has 18 heavy (non-hydrogen) atoms. The lowest BCUT2D eigenvalue weighted by atomic mass is 10.0. The maximum Gasteiger partial charge on any atom is 0.374 e. The van der Waals surface area contributed by atoms with Crippen molar-refractivity contribution in [2.24, 2.45) is 0 Å². The summed E-state index contributed by atoms with van der Waals surface area (Å²) in [7, 11) is 0. The van der Waals surface area contributed by atoms with Gasteiger partial charge in [0.05, 0.1) is 0 Å². The largest absolute Gasteiger partial charge is 0.476 e. The molecule has 6 nitrogen and oxygen atoms in total. The van der Waals surface area contributed by atoms with Gasteiger partial charge in [0, 0.05) is 5.92 Å². The molecule has 0 saturated heterocycles. The smallest absolute Gasteiger partial charge is 0.374 e. The minimum atomic E-state index is -1.39. The van der Waals surface area contributed by atoms with Gasteiger partial charge >= 0.3 is 11.9 Å². The molecular weight excluding hydrogens is 238 g/mol. The second-order valence-electron chi connectivity index (χ2n) is 4.53. The molecule has 0 spiro atoms. The molecule has 0 aromatic carbocycles. The highest BCUT2D eigenvalue weighted by atomic mass is 16.4. The van der Waals surface area contributed by atoms with Gasteiger partial charge in [-0.25, -0.2) is 14.6 Å². The van der Waals surface area contributed by atoms with Gasteiger partial charge in [-0.1, -0.05) is 25.7 Å². The Morgan fingerprint density at radius 2 is 1.67 bits per heavy atom. The molecule has 98 valence electrons. The Morgan fingerprint density at radius 3 is 2.11 bits per heavy atom. The van der Waals surface area contributed by atoms with Gasteiger partial charge in [-0.2, -0.15) is 0 Å². The lowest BCUT2D eigenvalue weighted by molar-refractivity contribution is 0.0622. The molecule has 1 aliphatic carbocycles. The van der Waals surface area contributed by atoms with Crippen LogP contribution < -0.4 is 0 Å². The Morgan fingerprint density at radius 1 is 1.06 bits per heavy atom. The molecule has 2 N–H and O–H groups in total.